The van der Waals surface area contributed by atoms with E-state index in [4.69, 9.17) is 0 Å². The summed E-state index contributed by atoms with van der Waals surface area (Å²) < 4.78 is 2.84. The van der Waals surface area contributed by atoms with Gasteiger partial charge >= 0.3 is 268 Å². The third kappa shape index (κ3) is 6.86. The van der Waals surface area contributed by atoms with Crippen molar-refractivity contribution in [1.82, 2.24) is 0 Å². The Morgan fingerprint density at radius 1 is 0.279 bits per heavy atom. The predicted molar refractivity (Wildman–Crippen MR) is 186 cm³/mol. The molecule has 0 saturated heterocycles. The Bertz CT molecular complexity index is 1540. The van der Waals surface area contributed by atoms with E-state index < -0.39 is 20.9 Å². The normalized spacial score (nSPS) is 10.9. The topological polar surface area (TPSA) is 6.48 Å². The Morgan fingerprint density at radius 3 is 0.674 bits per heavy atom. The summed E-state index contributed by atoms with van der Waals surface area (Å²) in [5.74, 6) is 0. The van der Waals surface area contributed by atoms with Crippen LogP contribution in [0.4, 0.5) is 34.1 Å². The van der Waals surface area contributed by atoms with Crippen LogP contribution in [-0.2, 0) is 0 Å². The third-order valence-corrected chi connectivity index (χ3v) is 10.5. The molecule has 0 N–H and O–H groups in total. The second-order valence-electron chi connectivity index (χ2n) is 11.1. The van der Waals surface area contributed by atoms with Crippen LogP contribution >= 0.6 is 0 Å². The van der Waals surface area contributed by atoms with Gasteiger partial charge in [-0.2, -0.15) is 0 Å². The van der Waals surface area contributed by atoms with Gasteiger partial charge in [0.25, 0.3) is 0 Å². The van der Waals surface area contributed by atoms with Crippen molar-refractivity contribution >= 4 is 62.3 Å². The van der Waals surface area contributed by atoms with Gasteiger partial charge in [0.2, 0.25) is 0 Å². The molecule has 0 aliphatic heterocycles. The summed E-state index contributed by atoms with van der Waals surface area (Å²) in [4.78, 5) is 4.67. The van der Waals surface area contributed by atoms with Crippen molar-refractivity contribution in [2.75, 3.05) is 9.80 Å². The van der Waals surface area contributed by atoms with Crippen LogP contribution in [0.3, 0.4) is 0 Å². The first-order valence-corrected chi connectivity index (χ1v) is 17.0. The van der Waals surface area contributed by atoms with Crippen LogP contribution in [0.2, 0.25) is 0 Å². The van der Waals surface area contributed by atoms with Gasteiger partial charge in [0.05, 0.1) is 0 Å². The second kappa shape index (κ2) is 12.9. The minimum absolute atomic E-state index is 0.529. The standard InChI is InChI=1S/C40H36N2Te/c1-29-5-13-33(14-6-29)41(34-15-7-30(2)8-16-34)37-21-25-39(26-22-37)43-40-27-23-38(24-28-40)42(35-17-9-31(3)10-18-35)36-19-11-32(4)12-20-36/h5-28H,1-4H3. The molecule has 0 heterocycles. The zero-order valence-electron chi connectivity index (χ0n) is 25.2. The number of benzene rings is 6. The van der Waals surface area contributed by atoms with Crippen molar-refractivity contribution in [2.24, 2.45) is 0 Å². The zero-order valence-corrected chi connectivity index (χ0v) is 27.5. The quantitative estimate of drug-likeness (QED) is 0.149. The molecule has 3 heteroatoms. The van der Waals surface area contributed by atoms with Gasteiger partial charge in [0.1, 0.15) is 0 Å². The van der Waals surface area contributed by atoms with Crippen LogP contribution in [-0.4, -0.2) is 20.9 Å². The van der Waals surface area contributed by atoms with Gasteiger partial charge in [-0.1, -0.05) is 0 Å². The molecule has 0 aromatic heterocycles. The first kappa shape index (κ1) is 28.8. The van der Waals surface area contributed by atoms with Crippen molar-refractivity contribution in [3.05, 3.63) is 168 Å². The molecule has 0 atom stereocenters. The summed E-state index contributed by atoms with van der Waals surface area (Å²) in [6, 6.07) is 53.4. The molecular formula is C40H36N2Te. The molecule has 2 nitrogen and oxygen atoms in total. The Kier molecular flexibility index (Phi) is 8.66. The Balaban J connectivity index is 1.24. The van der Waals surface area contributed by atoms with E-state index >= 15 is 0 Å². The van der Waals surface area contributed by atoms with Crippen molar-refractivity contribution < 1.29 is 0 Å². The SMILES string of the molecule is Cc1ccc(N(c2ccc(C)cc2)c2ccc([Te]c3ccc(N(c4ccc(C)cc4)c4ccc(C)cc4)cc3)cc2)cc1. The van der Waals surface area contributed by atoms with Crippen molar-refractivity contribution in [3.8, 4) is 0 Å². The molecule has 0 radical (unpaired) electrons. The maximum absolute atomic E-state index is 2.34. The summed E-state index contributed by atoms with van der Waals surface area (Å²) in [5, 5.41) is 0. The van der Waals surface area contributed by atoms with Crippen LogP contribution in [0.5, 0.6) is 0 Å². The summed E-state index contributed by atoms with van der Waals surface area (Å²) in [6.45, 7) is 8.53. The summed E-state index contributed by atoms with van der Waals surface area (Å²) in [5.41, 5.74) is 12.1. The summed E-state index contributed by atoms with van der Waals surface area (Å²) >= 11 is -0.529. The van der Waals surface area contributed by atoms with Crippen LogP contribution < -0.4 is 17.0 Å². The molecule has 6 aromatic carbocycles. The monoisotopic (exact) mass is 674 g/mol. The fourth-order valence-electron chi connectivity index (χ4n) is 5.13. The summed E-state index contributed by atoms with van der Waals surface area (Å²) in [6.07, 6.45) is 0. The van der Waals surface area contributed by atoms with E-state index in [1.807, 2.05) is 0 Å². The van der Waals surface area contributed by atoms with Gasteiger partial charge < -0.3 is 0 Å². The van der Waals surface area contributed by atoms with Gasteiger partial charge in [0.15, 0.2) is 0 Å². The maximum atomic E-state index is 2.34. The predicted octanol–water partition coefficient (Wildman–Crippen LogP) is 9.51. The van der Waals surface area contributed by atoms with E-state index in [1.165, 1.54) is 63.6 Å². The molecule has 43 heavy (non-hydrogen) atoms. The van der Waals surface area contributed by atoms with Crippen LogP contribution in [0.15, 0.2) is 146 Å². The molecule has 0 aliphatic rings. The molecule has 0 amide bonds. The molecule has 0 spiro atoms. The van der Waals surface area contributed by atoms with Crippen LogP contribution in [0.25, 0.3) is 0 Å². The number of nitrogens with zero attached hydrogens (tertiary/aromatic N) is 2. The minimum atomic E-state index is -0.529. The van der Waals surface area contributed by atoms with Gasteiger partial charge in [-0.25, -0.2) is 0 Å². The average molecular weight is 672 g/mol. The molecular weight excluding hydrogens is 636 g/mol. The molecule has 6 rings (SSSR count). The zero-order chi connectivity index (χ0) is 29.8. The first-order chi connectivity index (χ1) is 20.9. The molecule has 0 saturated carbocycles. The van der Waals surface area contributed by atoms with Crippen molar-refractivity contribution in [3.63, 3.8) is 0 Å². The van der Waals surface area contributed by atoms with E-state index in [0.29, 0.717) is 0 Å². The Hall–Kier alpha value is -4.29. The third-order valence-electron chi connectivity index (χ3n) is 7.59. The number of hydrogen-bond acceptors (Lipinski definition) is 2. The van der Waals surface area contributed by atoms with E-state index in [2.05, 4.69) is 183 Å². The van der Waals surface area contributed by atoms with E-state index in [-0.39, 0.29) is 0 Å². The van der Waals surface area contributed by atoms with E-state index in [0.717, 1.165) is 0 Å². The number of anilines is 6. The average Bonchev–Trinajstić information content (AvgIpc) is 3.03. The van der Waals surface area contributed by atoms with Crippen LogP contribution in [0, 0.1) is 27.7 Å². The summed E-state index contributed by atoms with van der Waals surface area (Å²) in [7, 11) is 0. The Labute approximate surface area is 266 Å². The number of aryl methyl sites for hydroxylation is 4. The van der Waals surface area contributed by atoms with Gasteiger partial charge in [0, 0.05) is 0 Å². The number of rotatable bonds is 8. The van der Waals surface area contributed by atoms with E-state index in [1.54, 1.807) is 0 Å². The van der Waals surface area contributed by atoms with Gasteiger partial charge in [-0.15, -0.1) is 0 Å². The fraction of sp³-hybridized carbons (Fsp3) is 0.100. The second-order valence-corrected chi connectivity index (χ2v) is 14.4. The van der Waals surface area contributed by atoms with Crippen molar-refractivity contribution in [2.45, 2.75) is 27.7 Å². The van der Waals surface area contributed by atoms with E-state index in [9.17, 15) is 0 Å². The molecule has 0 aliphatic carbocycles. The molecule has 0 bridgehead atoms. The number of hydrogen-bond donors (Lipinski definition) is 0. The van der Waals surface area contributed by atoms with Gasteiger partial charge in [-0.3, -0.25) is 0 Å². The molecule has 6 aromatic rings. The molecule has 0 unspecified atom stereocenters. The first-order valence-electron chi connectivity index (χ1n) is 14.7. The molecule has 0 fully saturated rings. The van der Waals surface area contributed by atoms with Crippen LogP contribution in [0.1, 0.15) is 22.3 Å². The van der Waals surface area contributed by atoms with Crippen molar-refractivity contribution in [1.29, 1.82) is 0 Å². The fourth-order valence-corrected chi connectivity index (χ4v) is 7.46. The molecule has 212 valence electrons. The van der Waals surface area contributed by atoms with Gasteiger partial charge in [-0.05, 0) is 0 Å². The Morgan fingerprint density at radius 2 is 0.465 bits per heavy atom.